The lowest BCUT2D eigenvalue weighted by Crippen LogP contribution is -2.36. The maximum Gasteiger partial charge on any atom is 0.290 e. The van der Waals surface area contributed by atoms with Gasteiger partial charge in [-0.1, -0.05) is 40.0 Å². The molecule has 0 aromatic rings. The number of hydrogen-bond donors (Lipinski definition) is 0. The third kappa shape index (κ3) is 3.62. The molecule has 3 heteroatoms. The summed E-state index contributed by atoms with van der Waals surface area (Å²) in [6, 6.07) is 0. The Labute approximate surface area is 98.2 Å². The minimum absolute atomic E-state index is 0.134. The Bertz CT molecular complexity index is 271. The Morgan fingerprint density at radius 2 is 1.94 bits per heavy atom. The number of Topliss-reactive ketones (excluding diaryl/α,β-unsaturated/α-hetero) is 1. The van der Waals surface area contributed by atoms with Crippen molar-refractivity contribution >= 4 is 11.7 Å². The van der Waals surface area contributed by atoms with Gasteiger partial charge in [0.05, 0.1) is 0 Å². The lowest BCUT2D eigenvalue weighted by molar-refractivity contribution is -0.140. The van der Waals surface area contributed by atoms with Crippen LogP contribution < -0.4 is 0 Å². The topological polar surface area (TPSA) is 37.4 Å². The SMILES string of the molecule is CCCCCC(C)(C)CN1CCC(=O)C1=O. The molecule has 0 N–H and O–H groups in total. The molecule has 0 spiro atoms. The van der Waals surface area contributed by atoms with Crippen molar-refractivity contribution in [2.45, 2.75) is 52.9 Å². The number of carbonyl (C=O) groups excluding carboxylic acids is 2. The van der Waals surface area contributed by atoms with Gasteiger partial charge in [0.2, 0.25) is 5.78 Å². The Balaban J connectivity index is 2.40. The van der Waals surface area contributed by atoms with E-state index >= 15 is 0 Å². The first-order valence-corrected chi connectivity index (χ1v) is 6.28. The van der Waals surface area contributed by atoms with Crippen molar-refractivity contribution in [3.63, 3.8) is 0 Å². The van der Waals surface area contributed by atoms with Crippen molar-refractivity contribution in [2.75, 3.05) is 13.1 Å². The van der Waals surface area contributed by atoms with E-state index in [9.17, 15) is 9.59 Å². The Morgan fingerprint density at radius 3 is 2.44 bits per heavy atom. The summed E-state index contributed by atoms with van der Waals surface area (Å²) in [5, 5.41) is 0. The smallest absolute Gasteiger partial charge is 0.290 e. The van der Waals surface area contributed by atoms with Crippen LogP contribution in [0.3, 0.4) is 0 Å². The summed E-state index contributed by atoms with van der Waals surface area (Å²) < 4.78 is 0. The van der Waals surface area contributed by atoms with Crippen LogP contribution in [0, 0.1) is 5.41 Å². The van der Waals surface area contributed by atoms with E-state index in [1.165, 1.54) is 19.3 Å². The highest BCUT2D eigenvalue weighted by atomic mass is 16.2. The summed E-state index contributed by atoms with van der Waals surface area (Å²) in [7, 11) is 0. The molecule has 1 aliphatic heterocycles. The molecular weight excluding hydrogens is 202 g/mol. The highest BCUT2D eigenvalue weighted by Crippen LogP contribution is 2.26. The second-order valence-electron chi connectivity index (χ2n) is 5.52. The van der Waals surface area contributed by atoms with Gasteiger partial charge in [0.25, 0.3) is 5.91 Å². The monoisotopic (exact) mass is 225 g/mol. The second-order valence-corrected chi connectivity index (χ2v) is 5.52. The number of hydrogen-bond acceptors (Lipinski definition) is 2. The highest BCUT2D eigenvalue weighted by Gasteiger charge is 2.32. The summed E-state index contributed by atoms with van der Waals surface area (Å²) >= 11 is 0. The molecule has 3 nitrogen and oxygen atoms in total. The molecule has 0 radical (unpaired) electrons. The van der Waals surface area contributed by atoms with Gasteiger partial charge in [-0.15, -0.1) is 0 Å². The van der Waals surface area contributed by atoms with E-state index in [1.807, 2.05) is 0 Å². The van der Waals surface area contributed by atoms with Crippen LogP contribution in [0.15, 0.2) is 0 Å². The first-order chi connectivity index (χ1) is 7.46. The van der Waals surface area contributed by atoms with Crippen LogP contribution in [0.25, 0.3) is 0 Å². The van der Waals surface area contributed by atoms with Crippen LogP contribution in [0.4, 0.5) is 0 Å². The molecule has 1 rings (SSSR count). The first kappa shape index (κ1) is 13.2. The van der Waals surface area contributed by atoms with Gasteiger partial charge in [-0.2, -0.15) is 0 Å². The molecule has 0 aliphatic carbocycles. The van der Waals surface area contributed by atoms with Gasteiger partial charge >= 0.3 is 0 Å². The number of unbranched alkanes of at least 4 members (excludes halogenated alkanes) is 2. The van der Waals surface area contributed by atoms with Gasteiger partial charge in [-0.05, 0) is 11.8 Å². The van der Waals surface area contributed by atoms with E-state index < -0.39 is 0 Å². The molecule has 0 aromatic carbocycles. The summed E-state index contributed by atoms with van der Waals surface area (Å²) in [6.07, 6.45) is 5.20. The molecule has 0 atom stereocenters. The van der Waals surface area contributed by atoms with Gasteiger partial charge in [-0.25, -0.2) is 0 Å². The van der Waals surface area contributed by atoms with Crippen molar-refractivity contribution in [1.29, 1.82) is 0 Å². The largest absolute Gasteiger partial charge is 0.335 e. The molecule has 0 saturated carbocycles. The van der Waals surface area contributed by atoms with Gasteiger partial charge in [-0.3, -0.25) is 9.59 Å². The molecule has 1 amide bonds. The molecule has 0 aromatic heterocycles. The molecule has 16 heavy (non-hydrogen) atoms. The Hall–Kier alpha value is -0.860. The molecule has 1 heterocycles. The summed E-state index contributed by atoms with van der Waals surface area (Å²) in [5.74, 6) is -0.493. The zero-order valence-corrected chi connectivity index (χ0v) is 10.7. The molecule has 92 valence electrons. The quantitative estimate of drug-likeness (QED) is 0.514. The van der Waals surface area contributed by atoms with Crippen LogP contribution in [-0.4, -0.2) is 29.7 Å². The predicted octanol–water partition coefficient (Wildman–Crippen LogP) is 2.39. The predicted molar refractivity (Wildman–Crippen MR) is 64.1 cm³/mol. The fraction of sp³-hybridized carbons (Fsp3) is 0.846. The lowest BCUT2D eigenvalue weighted by Gasteiger charge is -2.29. The number of amides is 1. The fourth-order valence-electron chi connectivity index (χ4n) is 2.22. The molecule has 1 aliphatic rings. The minimum atomic E-state index is -0.274. The maximum absolute atomic E-state index is 11.5. The summed E-state index contributed by atoms with van der Waals surface area (Å²) in [5.41, 5.74) is 0.134. The van der Waals surface area contributed by atoms with Gasteiger partial charge < -0.3 is 4.90 Å². The lowest BCUT2D eigenvalue weighted by atomic mass is 9.86. The third-order valence-electron chi connectivity index (χ3n) is 3.21. The molecule has 1 saturated heterocycles. The standard InChI is InChI=1S/C13H23NO2/c1-4-5-6-8-13(2,3)10-14-9-7-11(15)12(14)16/h4-10H2,1-3H3. The van der Waals surface area contributed by atoms with Crippen molar-refractivity contribution in [3.05, 3.63) is 0 Å². The highest BCUT2D eigenvalue weighted by molar-refractivity contribution is 6.37. The van der Waals surface area contributed by atoms with Gasteiger partial charge in [0.1, 0.15) is 0 Å². The number of ketones is 1. The zero-order valence-electron chi connectivity index (χ0n) is 10.7. The van der Waals surface area contributed by atoms with Crippen molar-refractivity contribution in [1.82, 2.24) is 4.90 Å². The van der Waals surface area contributed by atoms with Crippen molar-refractivity contribution in [2.24, 2.45) is 5.41 Å². The summed E-state index contributed by atoms with van der Waals surface area (Å²) in [4.78, 5) is 24.3. The zero-order chi connectivity index (χ0) is 12.2. The molecular formula is C13H23NO2. The number of carbonyl (C=O) groups is 2. The number of likely N-dealkylation sites (tertiary alicyclic amines) is 1. The van der Waals surface area contributed by atoms with Crippen LogP contribution >= 0.6 is 0 Å². The van der Waals surface area contributed by atoms with E-state index in [1.54, 1.807) is 4.90 Å². The second kappa shape index (κ2) is 5.46. The van der Waals surface area contributed by atoms with Gasteiger partial charge in [0.15, 0.2) is 0 Å². The van der Waals surface area contributed by atoms with E-state index in [4.69, 9.17) is 0 Å². The van der Waals surface area contributed by atoms with E-state index in [2.05, 4.69) is 20.8 Å². The first-order valence-electron chi connectivity index (χ1n) is 6.28. The minimum Gasteiger partial charge on any atom is -0.335 e. The Morgan fingerprint density at radius 1 is 1.25 bits per heavy atom. The third-order valence-corrected chi connectivity index (χ3v) is 3.21. The number of nitrogens with zero attached hydrogens (tertiary/aromatic N) is 1. The van der Waals surface area contributed by atoms with E-state index in [0.29, 0.717) is 13.0 Å². The average Bonchev–Trinajstić information content (AvgIpc) is 2.49. The van der Waals surface area contributed by atoms with Crippen LogP contribution in [-0.2, 0) is 9.59 Å². The normalized spacial score (nSPS) is 17.3. The van der Waals surface area contributed by atoms with Crippen molar-refractivity contribution < 1.29 is 9.59 Å². The van der Waals surface area contributed by atoms with E-state index in [-0.39, 0.29) is 17.1 Å². The van der Waals surface area contributed by atoms with Gasteiger partial charge in [0, 0.05) is 19.5 Å². The average molecular weight is 225 g/mol. The summed E-state index contributed by atoms with van der Waals surface area (Å²) in [6.45, 7) is 7.89. The molecule has 0 bridgehead atoms. The Kier molecular flexibility index (Phi) is 4.51. The number of rotatable bonds is 6. The van der Waals surface area contributed by atoms with Crippen molar-refractivity contribution in [3.8, 4) is 0 Å². The van der Waals surface area contributed by atoms with Crippen LogP contribution in [0.1, 0.15) is 52.9 Å². The molecule has 1 fully saturated rings. The fourth-order valence-corrected chi connectivity index (χ4v) is 2.22. The van der Waals surface area contributed by atoms with Crippen LogP contribution in [0.5, 0.6) is 0 Å². The maximum atomic E-state index is 11.5. The van der Waals surface area contributed by atoms with E-state index in [0.717, 1.165) is 13.0 Å². The molecule has 0 unspecified atom stereocenters. The van der Waals surface area contributed by atoms with Crippen LogP contribution in [0.2, 0.25) is 0 Å².